The molecule has 0 aromatic heterocycles. The summed E-state index contributed by atoms with van der Waals surface area (Å²) in [6.07, 6.45) is 2.38. The highest BCUT2D eigenvalue weighted by molar-refractivity contribution is 9.10. The van der Waals surface area contributed by atoms with Crippen molar-refractivity contribution in [3.63, 3.8) is 0 Å². The molecule has 5 heteroatoms. The summed E-state index contributed by atoms with van der Waals surface area (Å²) in [5, 5.41) is 3.48. The van der Waals surface area contributed by atoms with E-state index in [4.69, 9.17) is 9.47 Å². The molecule has 1 N–H and O–H groups in total. The Kier molecular flexibility index (Phi) is 4.49. The van der Waals surface area contributed by atoms with Crippen LogP contribution in [0.25, 0.3) is 0 Å². The van der Waals surface area contributed by atoms with Crippen LogP contribution in [0.4, 0.5) is 5.69 Å². The predicted molar refractivity (Wildman–Crippen MR) is 105 cm³/mol. The Balaban J connectivity index is 1.96. The van der Waals surface area contributed by atoms with Crippen molar-refractivity contribution in [3.8, 4) is 11.5 Å². The molecule has 1 aliphatic heterocycles. The number of nitrogens with one attached hydrogen (secondary N) is 1. The summed E-state index contributed by atoms with van der Waals surface area (Å²) in [5.41, 5.74) is 5.02. The van der Waals surface area contributed by atoms with Gasteiger partial charge in [-0.2, -0.15) is 0 Å². The van der Waals surface area contributed by atoms with E-state index in [-0.39, 0.29) is 11.7 Å². The van der Waals surface area contributed by atoms with Gasteiger partial charge in [0.2, 0.25) is 0 Å². The molecule has 4 nitrogen and oxygen atoms in total. The number of rotatable bonds is 3. The Morgan fingerprint density at radius 1 is 1.08 bits per heavy atom. The number of halogens is 1. The molecule has 134 valence electrons. The van der Waals surface area contributed by atoms with E-state index in [1.807, 2.05) is 24.3 Å². The maximum atomic E-state index is 12.8. The minimum Gasteiger partial charge on any atom is -0.493 e. The fraction of sp³-hybridized carbons (Fsp3) is 0.286. The second-order valence-corrected chi connectivity index (χ2v) is 7.49. The first-order valence-corrected chi connectivity index (χ1v) is 9.46. The molecule has 0 unspecified atom stereocenters. The van der Waals surface area contributed by atoms with Crippen molar-refractivity contribution < 1.29 is 14.3 Å². The lowest BCUT2D eigenvalue weighted by Gasteiger charge is -2.34. The van der Waals surface area contributed by atoms with Crippen molar-refractivity contribution in [1.29, 1.82) is 0 Å². The quantitative estimate of drug-likeness (QED) is 0.766. The number of fused-ring (bicyclic) bond motifs is 1. The molecule has 4 rings (SSSR count). The SMILES string of the molecule is COc1cc2c(cc1OC)[C@H](c1cccc(Br)c1)C1=C(CCCC1=O)N2. The second-order valence-electron chi connectivity index (χ2n) is 6.58. The Bertz CT molecular complexity index is 919. The van der Waals surface area contributed by atoms with Gasteiger partial charge in [0.05, 0.1) is 14.2 Å². The minimum absolute atomic E-state index is 0.105. The van der Waals surface area contributed by atoms with Gasteiger partial charge in [0.15, 0.2) is 17.3 Å². The molecule has 1 heterocycles. The first-order chi connectivity index (χ1) is 12.6. The van der Waals surface area contributed by atoms with Gasteiger partial charge in [0.25, 0.3) is 0 Å². The summed E-state index contributed by atoms with van der Waals surface area (Å²) in [5.74, 6) is 1.47. The zero-order valence-electron chi connectivity index (χ0n) is 14.8. The lowest BCUT2D eigenvalue weighted by Crippen LogP contribution is -2.27. The van der Waals surface area contributed by atoms with E-state index in [2.05, 4.69) is 33.4 Å². The molecule has 0 radical (unpaired) electrons. The average Bonchev–Trinajstić information content (AvgIpc) is 2.65. The zero-order chi connectivity index (χ0) is 18.3. The van der Waals surface area contributed by atoms with E-state index in [0.717, 1.165) is 45.4 Å². The third-order valence-corrected chi connectivity index (χ3v) is 5.57. The third-order valence-electron chi connectivity index (χ3n) is 5.08. The number of hydrogen-bond acceptors (Lipinski definition) is 4. The van der Waals surface area contributed by atoms with Crippen LogP contribution in [0.5, 0.6) is 11.5 Å². The van der Waals surface area contributed by atoms with Gasteiger partial charge in [0, 0.05) is 39.8 Å². The molecular weight excluding hydrogens is 394 g/mol. The standard InChI is InChI=1S/C21H20BrNO3/c1-25-18-10-14-16(11-19(18)26-2)23-15-7-4-8-17(24)21(15)20(14)12-5-3-6-13(22)9-12/h3,5-6,9-11,20,23H,4,7-8H2,1-2H3/t20-/m0/s1. The van der Waals surface area contributed by atoms with Crippen LogP contribution in [0, 0.1) is 0 Å². The zero-order valence-corrected chi connectivity index (χ0v) is 16.4. The molecule has 1 aliphatic carbocycles. The Morgan fingerprint density at radius 2 is 1.85 bits per heavy atom. The summed E-state index contributed by atoms with van der Waals surface area (Å²) < 4.78 is 12.0. The molecule has 2 aromatic rings. The third kappa shape index (κ3) is 2.80. The first kappa shape index (κ1) is 17.2. The maximum Gasteiger partial charge on any atom is 0.162 e. The van der Waals surface area contributed by atoms with Gasteiger partial charge in [-0.25, -0.2) is 0 Å². The number of allylic oxidation sites excluding steroid dienone is 2. The smallest absolute Gasteiger partial charge is 0.162 e. The fourth-order valence-corrected chi connectivity index (χ4v) is 4.34. The molecule has 0 amide bonds. The highest BCUT2D eigenvalue weighted by Crippen LogP contribution is 2.48. The van der Waals surface area contributed by atoms with E-state index in [1.54, 1.807) is 14.2 Å². The van der Waals surface area contributed by atoms with Gasteiger partial charge in [-0.1, -0.05) is 28.1 Å². The number of methoxy groups -OCH3 is 2. The van der Waals surface area contributed by atoms with E-state index < -0.39 is 0 Å². The van der Waals surface area contributed by atoms with E-state index in [1.165, 1.54) is 0 Å². The lowest BCUT2D eigenvalue weighted by atomic mass is 9.75. The normalized spacial score (nSPS) is 18.7. The lowest BCUT2D eigenvalue weighted by molar-refractivity contribution is -0.116. The molecule has 0 fully saturated rings. The van der Waals surface area contributed by atoms with Crippen molar-refractivity contribution in [2.24, 2.45) is 0 Å². The summed E-state index contributed by atoms with van der Waals surface area (Å²) >= 11 is 3.56. The second kappa shape index (κ2) is 6.80. The van der Waals surface area contributed by atoms with Crippen LogP contribution < -0.4 is 14.8 Å². The maximum absolute atomic E-state index is 12.8. The number of benzene rings is 2. The van der Waals surface area contributed by atoms with Crippen LogP contribution in [-0.4, -0.2) is 20.0 Å². The number of anilines is 1. The largest absolute Gasteiger partial charge is 0.493 e. The Morgan fingerprint density at radius 3 is 2.58 bits per heavy atom. The molecule has 0 bridgehead atoms. The Labute approximate surface area is 161 Å². The molecule has 0 spiro atoms. The van der Waals surface area contributed by atoms with Gasteiger partial charge < -0.3 is 14.8 Å². The molecule has 0 saturated heterocycles. The van der Waals surface area contributed by atoms with Crippen LogP contribution in [-0.2, 0) is 4.79 Å². The number of ketones is 1. The molecule has 2 aliphatic rings. The van der Waals surface area contributed by atoms with E-state index in [9.17, 15) is 4.79 Å². The van der Waals surface area contributed by atoms with Crippen LogP contribution in [0.2, 0.25) is 0 Å². The van der Waals surface area contributed by atoms with Crippen molar-refractivity contribution in [2.75, 3.05) is 19.5 Å². The average molecular weight is 414 g/mol. The van der Waals surface area contributed by atoms with Gasteiger partial charge in [-0.15, -0.1) is 0 Å². The summed E-state index contributed by atoms with van der Waals surface area (Å²) in [4.78, 5) is 12.8. The van der Waals surface area contributed by atoms with Gasteiger partial charge in [0.1, 0.15) is 0 Å². The summed E-state index contributed by atoms with van der Waals surface area (Å²) in [6, 6.07) is 12.1. The Hall–Kier alpha value is -2.27. The molecular formula is C21H20BrNO3. The monoisotopic (exact) mass is 413 g/mol. The minimum atomic E-state index is -0.105. The highest BCUT2D eigenvalue weighted by atomic mass is 79.9. The molecule has 2 aromatic carbocycles. The molecule has 26 heavy (non-hydrogen) atoms. The number of ether oxygens (including phenoxy) is 2. The van der Waals surface area contributed by atoms with E-state index in [0.29, 0.717) is 17.9 Å². The number of carbonyl (C=O) groups excluding carboxylic acids is 1. The predicted octanol–water partition coefficient (Wildman–Crippen LogP) is 5.03. The van der Waals surface area contributed by atoms with Crippen LogP contribution in [0.3, 0.4) is 0 Å². The molecule has 0 saturated carbocycles. The highest BCUT2D eigenvalue weighted by Gasteiger charge is 2.36. The molecule has 1 atom stereocenters. The van der Waals surface area contributed by atoms with Crippen molar-refractivity contribution in [3.05, 3.63) is 63.3 Å². The summed E-state index contributed by atoms with van der Waals surface area (Å²) in [6.45, 7) is 0. The van der Waals surface area contributed by atoms with Crippen LogP contribution >= 0.6 is 15.9 Å². The topological polar surface area (TPSA) is 47.6 Å². The summed E-state index contributed by atoms with van der Waals surface area (Å²) in [7, 11) is 3.26. The fourth-order valence-electron chi connectivity index (χ4n) is 3.92. The van der Waals surface area contributed by atoms with Gasteiger partial charge in [-0.05, 0) is 42.2 Å². The van der Waals surface area contributed by atoms with Crippen LogP contribution in [0.1, 0.15) is 36.3 Å². The van der Waals surface area contributed by atoms with Crippen molar-refractivity contribution in [2.45, 2.75) is 25.2 Å². The number of hydrogen-bond donors (Lipinski definition) is 1. The first-order valence-electron chi connectivity index (χ1n) is 8.67. The van der Waals surface area contributed by atoms with E-state index >= 15 is 0 Å². The van der Waals surface area contributed by atoms with Gasteiger partial charge in [-0.3, -0.25) is 4.79 Å². The van der Waals surface area contributed by atoms with Crippen molar-refractivity contribution in [1.82, 2.24) is 0 Å². The van der Waals surface area contributed by atoms with Crippen molar-refractivity contribution >= 4 is 27.4 Å². The van der Waals surface area contributed by atoms with Gasteiger partial charge >= 0.3 is 0 Å². The van der Waals surface area contributed by atoms with Crippen LogP contribution in [0.15, 0.2) is 52.1 Å². The number of carbonyl (C=O) groups is 1. The number of Topliss-reactive ketones (excluding diaryl/α,β-unsaturated/α-hetero) is 1.